The summed E-state index contributed by atoms with van der Waals surface area (Å²) in [5.74, 6) is 0.589. The van der Waals surface area contributed by atoms with Crippen LogP contribution >= 0.6 is 0 Å². The summed E-state index contributed by atoms with van der Waals surface area (Å²) in [4.78, 5) is 13.1. The zero-order valence-electron chi connectivity index (χ0n) is 11.3. The number of aromatic hydroxyl groups is 1. The molecule has 0 radical (unpaired) electrons. The predicted molar refractivity (Wildman–Crippen MR) is 72.9 cm³/mol. The van der Waals surface area contributed by atoms with Crippen LogP contribution in [-0.2, 0) is 4.79 Å². The topological polar surface area (TPSA) is 70.0 Å². The first-order chi connectivity index (χ1) is 9.63. The van der Waals surface area contributed by atoms with Crippen molar-refractivity contribution in [1.82, 2.24) is 4.90 Å². The molecule has 2 aliphatic heterocycles. The maximum Gasteiger partial charge on any atom is 0.303 e. The van der Waals surface area contributed by atoms with Crippen LogP contribution < -0.4 is 4.74 Å². The molecule has 0 aromatic heterocycles. The Morgan fingerprint density at radius 2 is 2.10 bits per heavy atom. The molecule has 1 unspecified atom stereocenters. The highest BCUT2D eigenvalue weighted by Crippen LogP contribution is 2.39. The summed E-state index contributed by atoms with van der Waals surface area (Å²) in [6, 6.07) is 5.51. The number of likely N-dealkylation sites (tertiary alicyclic amines) is 1. The Hall–Kier alpha value is -1.75. The molecule has 1 saturated heterocycles. The van der Waals surface area contributed by atoms with Gasteiger partial charge in [-0.15, -0.1) is 0 Å². The van der Waals surface area contributed by atoms with E-state index in [-0.39, 0.29) is 18.2 Å². The molecular formula is C15H19NO4. The smallest absolute Gasteiger partial charge is 0.303 e. The van der Waals surface area contributed by atoms with E-state index in [2.05, 4.69) is 4.90 Å². The first kappa shape index (κ1) is 13.2. The molecule has 2 N–H and O–H groups in total. The van der Waals surface area contributed by atoms with Crippen molar-refractivity contribution in [2.24, 2.45) is 5.92 Å². The van der Waals surface area contributed by atoms with E-state index in [1.807, 2.05) is 6.07 Å². The van der Waals surface area contributed by atoms with E-state index < -0.39 is 5.97 Å². The summed E-state index contributed by atoms with van der Waals surface area (Å²) in [5, 5.41) is 18.3. The molecule has 5 nitrogen and oxygen atoms in total. The van der Waals surface area contributed by atoms with Crippen molar-refractivity contribution < 1.29 is 19.7 Å². The Kier molecular flexibility index (Phi) is 3.53. The summed E-state index contributed by atoms with van der Waals surface area (Å²) in [6.45, 7) is 2.43. The number of aliphatic carboxylic acids is 1. The standard InChI is InChI=1S/C15H19NO4/c17-11-1-2-12-13(9-20-14(12)8-11)16-5-3-10(4-6-16)7-15(18)19/h1-2,8,10,13,17H,3-7,9H2,(H,18,19). The van der Waals surface area contributed by atoms with E-state index in [9.17, 15) is 9.90 Å². The number of ether oxygens (including phenoxy) is 1. The van der Waals surface area contributed by atoms with Crippen molar-refractivity contribution >= 4 is 5.97 Å². The molecule has 20 heavy (non-hydrogen) atoms. The summed E-state index contributed by atoms with van der Waals surface area (Å²) in [6.07, 6.45) is 2.13. The number of hydrogen-bond donors (Lipinski definition) is 2. The van der Waals surface area contributed by atoms with E-state index in [0.717, 1.165) is 37.2 Å². The number of carboxylic acid groups (broad SMARTS) is 1. The van der Waals surface area contributed by atoms with E-state index >= 15 is 0 Å². The van der Waals surface area contributed by atoms with E-state index in [4.69, 9.17) is 9.84 Å². The SMILES string of the molecule is O=C(O)CC1CCN(C2COc3cc(O)ccc32)CC1. The van der Waals surface area contributed by atoms with Gasteiger partial charge in [0.15, 0.2) is 0 Å². The molecule has 0 amide bonds. The molecule has 2 aliphatic rings. The first-order valence-corrected chi connectivity index (χ1v) is 7.05. The second-order valence-corrected chi connectivity index (χ2v) is 5.63. The Morgan fingerprint density at radius 1 is 1.35 bits per heavy atom. The first-order valence-electron chi connectivity index (χ1n) is 7.05. The van der Waals surface area contributed by atoms with Gasteiger partial charge in [-0.05, 0) is 44.0 Å². The monoisotopic (exact) mass is 277 g/mol. The van der Waals surface area contributed by atoms with Crippen molar-refractivity contribution in [2.75, 3.05) is 19.7 Å². The minimum absolute atomic E-state index is 0.226. The van der Waals surface area contributed by atoms with Crippen LogP contribution in [0.15, 0.2) is 18.2 Å². The Labute approximate surface area is 117 Å². The fourth-order valence-electron chi connectivity index (χ4n) is 3.20. The van der Waals surface area contributed by atoms with Gasteiger partial charge in [-0.3, -0.25) is 9.69 Å². The lowest BCUT2D eigenvalue weighted by Gasteiger charge is -2.35. The van der Waals surface area contributed by atoms with Gasteiger partial charge in [0.1, 0.15) is 18.1 Å². The average molecular weight is 277 g/mol. The number of phenols is 1. The van der Waals surface area contributed by atoms with Crippen molar-refractivity contribution in [3.63, 3.8) is 0 Å². The van der Waals surface area contributed by atoms with E-state index in [1.54, 1.807) is 12.1 Å². The number of nitrogens with zero attached hydrogens (tertiary/aromatic N) is 1. The fraction of sp³-hybridized carbons (Fsp3) is 0.533. The number of carboxylic acids is 1. The molecule has 3 rings (SSSR count). The van der Waals surface area contributed by atoms with E-state index in [0.29, 0.717) is 12.5 Å². The largest absolute Gasteiger partial charge is 0.508 e. The minimum Gasteiger partial charge on any atom is -0.508 e. The van der Waals surface area contributed by atoms with Crippen molar-refractivity contribution in [1.29, 1.82) is 0 Å². The normalized spacial score (nSPS) is 23.3. The highest BCUT2D eigenvalue weighted by Gasteiger charge is 2.32. The Balaban J connectivity index is 1.64. The van der Waals surface area contributed by atoms with Crippen LogP contribution in [0.1, 0.15) is 30.9 Å². The summed E-state index contributed by atoms with van der Waals surface area (Å²) < 4.78 is 5.64. The van der Waals surface area contributed by atoms with Crippen LogP contribution in [-0.4, -0.2) is 40.8 Å². The lowest BCUT2D eigenvalue weighted by Crippen LogP contribution is -2.37. The second-order valence-electron chi connectivity index (χ2n) is 5.63. The number of rotatable bonds is 3. The lowest BCUT2D eigenvalue weighted by atomic mass is 9.92. The molecule has 1 fully saturated rings. The molecule has 0 aliphatic carbocycles. The minimum atomic E-state index is -0.700. The van der Waals surface area contributed by atoms with E-state index in [1.165, 1.54) is 0 Å². The van der Waals surface area contributed by atoms with Crippen LogP contribution in [0.5, 0.6) is 11.5 Å². The van der Waals surface area contributed by atoms with Gasteiger partial charge in [0.2, 0.25) is 0 Å². The number of phenolic OH excluding ortho intramolecular Hbond substituents is 1. The van der Waals surface area contributed by atoms with Gasteiger partial charge in [0.05, 0.1) is 6.04 Å². The van der Waals surface area contributed by atoms with Crippen LogP contribution in [0.2, 0.25) is 0 Å². The summed E-state index contributed by atoms with van der Waals surface area (Å²) in [5.41, 5.74) is 1.12. The molecule has 1 atom stereocenters. The van der Waals surface area contributed by atoms with Crippen LogP contribution in [0.3, 0.4) is 0 Å². The van der Waals surface area contributed by atoms with Gasteiger partial charge in [-0.1, -0.05) is 0 Å². The average Bonchev–Trinajstić information content (AvgIpc) is 2.82. The molecule has 0 bridgehead atoms. The number of fused-ring (bicyclic) bond motifs is 1. The molecule has 0 saturated carbocycles. The highest BCUT2D eigenvalue weighted by atomic mass is 16.5. The van der Waals surface area contributed by atoms with Gasteiger partial charge < -0.3 is 14.9 Å². The van der Waals surface area contributed by atoms with Gasteiger partial charge >= 0.3 is 5.97 Å². The molecule has 2 heterocycles. The molecule has 1 aromatic carbocycles. The van der Waals surface area contributed by atoms with Gasteiger partial charge in [0.25, 0.3) is 0 Å². The molecule has 5 heteroatoms. The highest BCUT2D eigenvalue weighted by molar-refractivity contribution is 5.67. The predicted octanol–water partition coefficient (Wildman–Crippen LogP) is 2.01. The van der Waals surface area contributed by atoms with Crippen molar-refractivity contribution in [3.8, 4) is 11.5 Å². The second kappa shape index (κ2) is 5.32. The Bertz CT molecular complexity index is 509. The fourth-order valence-corrected chi connectivity index (χ4v) is 3.20. The zero-order chi connectivity index (χ0) is 14.1. The number of carbonyl (C=O) groups is 1. The zero-order valence-corrected chi connectivity index (χ0v) is 11.3. The molecule has 0 spiro atoms. The van der Waals surface area contributed by atoms with Gasteiger partial charge in [0, 0.05) is 18.1 Å². The third-order valence-electron chi connectivity index (χ3n) is 4.31. The molecule has 1 aromatic rings. The molecule has 108 valence electrons. The maximum absolute atomic E-state index is 10.7. The van der Waals surface area contributed by atoms with Gasteiger partial charge in [-0.25, -0.2) is 0 Å². The quantitative estimate of drug-likeness (QED) is 0.884. The van der Waals surface area contributed by atoms with Crippen molar-refractivity contribution in [3.05, 3.63) is 23.8 Å². The van der Waals surface area contributed by atoms with Gasteiger partial charge in [-0.2, -0.15) is 0 Å². The lowest BCUT2D eigenvalue weighted by molar-refractivity contribution is -0.138. The van der Waals surface area contributed by atoms with Crippen LogP contribution in [0.25, 0.3) is 0 Å². The number of benzene rings is 1. The summed E-state index contributed by atoms with van der Waals surface area (Å²) >= 11 is 0. The number of piperidine rings is 1. The number of hydrogen-bond acceptors (Lipinski definition) is 4. The summed E-state index contributed by atoms with van der Waals surface area (Å²) in [7, 11) is 0. The molecular weight excluding hydrogens is 258 g/mol. The van der Waals surface area contributed by atoms with Crippen molar-refractivity contribution in [2.45, 2.75) is 25.3 Å². The third kappa shape index (κ3) is 2.58. The van der Waals surface area contributed by atoms with Crippen LogP contribution in [0.4, 0.5) is 0 Å². The third-order valence-corrected chi connectivity index (χ3v) is 4.31. The van der Waals surface area contributed by atoms with Crippen LogP contribution in [0, 0.1) is 5.92 Å². The maximum atomic E-state index is 10.7. The Morgan fingerprint density at radius 3 is 2.80 bits per heavy atom.